The van der Waals surface area contributed by atoms with Gasteiger partial charge in [-0.1, -0.05) is 42.5 Å². The summed E-state index contributed by atoms with van der Waals surface area (Å²) in [6.07, 6.45) is 3.16. The Morgan fingerprint density at radius 3 is 2.52 bits per heavy atom. The molecule has 0 aliphatic heterocycles. The second kappa shape index (κ2) is 6.40. The number of nitrogens with one attached hydrogen (secondary N) is 1. The van der Waals surface area contributed by atoms with Gasteiger partial charge >= 0.3 is 0 Å². The van der Waals surface area contributed by atoms with E-state index < -0.39 is 0 Å². The van der Waals surface area contributed by atoms with E-state index in [4.69, 9.17) is 0 Å². The largest absolute Gasteiger partial charge is 0.314 e. The molecule has 0 unspecified atom stereocenters. The van der Waals surface area contributed by atoms with E-state index >= 15 is 0 Å². The fourth-order valence-corrected chi connectivity index (χ4v) is 3.15. The molecule has 0 saturated heterocycles. The first-order valence-electron chi connectivity index (χ1n) is 7.76. The molecule has 0 bridgehead atoms. The molecule has 0 spiro atoms. The van der Waals surface area contributed by atoms with E-state index in [2.05, 4.69) is 36.5 Å². The molecule has 1 N–H and O–H groups in total. The van der Waals surface area contributed by atoms with Crippen molar-refractivity contribution in [1.82, 2.24) is 5.32 Å². The number of hydrogen-bond donors (Lipinski definition) is 1. The van der Waals surface area contributed by atoms with Gasteiger partial charge in [-0.2, -0.15) is 0 Å². The predicted molar refractivity (Wildman–Crippen MR) is 85.0 cm³/mol. The third-order valence-electron chi connectivity index (χ3n) is 4.57. The zero-order chi connectivity index (χ0) is 14.7. The molecule has 0 radical (unpaired) electrons. The van der Waals surface area contributed by atoms with Crippen LogP contribution >= 0.6 is 0 Å². The van der Waals surface area contributed by atoms with Gasteiger partial charge in [-0.05, 0) is 61.4 Å². The molecule has 0 heterocycles. The van der Waals surface area contributed by atoms with E-state index in [0.29, 0.717) is 12.0 Å². The molecule has 1 aliphatic carbocycles. The summed E-state index contributed by atoms with van der Waals surface area (Å²) in [7, 11) is 0. The summed E-state index contributed by atoms with van der Waals surface area (Å²) in [5, 5.41) is 3.59. The second-order valence-corrected chi connectivity index (χ2v) is 6.02. The maximum absolute atomic E-state index is 13.7. The molecular weight excluding hydrogens is 261 g/mol. The van der Waals surface area contributed by atoms with Gasteiger partial charge in [0.2, 0.25) is 0 Å². The lowest BCUT2D eigenvalue weighted by atomic mass is 9.75. The van der Waals surface area contributed by atoms with Crippen LogP contribution in [0, 0.1) is 12.7 Å². The van der Waals surface area contributed by atoms with Crippen molar-refractivity contribution < 1.29 is 4.39 Å². The minimum atomic E-state index is -0.0548. The van der Waals surface area contributed by atoms with Crippen LogP contribution in [0.4, 0.5) is 4.39 Å². The Labute approximate surface area is 126 Å². The van der Waals surface area contributed by atoms with Gasteiger partial charge in [0.1, 0.15) is 5.82 Å². The third kappa shape index (κ3) is 3.33. The Hall–Kier alpha value is -1.67. The molecule has 0 aromatic heterocycles. The van der Waals surface area contributed by atoms with Crippen molar-refractivity contribution in [3.05, 3.63) is 71.0 Å². The first-order chi connectivity index (χ1) is 10.2. The third-order valence-corrected chi connectivity index (χ3v) is 4.57. The molecule has 0 amide bonds. The highest BCUT2D eigenvalue weighted by Gasteiger charge is 2.31. The second-order valence-electron chi connectivity index (χ2n) is 6.02. The Bertz CT molecular complexity index is 602. The van der Waals surface area contributed by atoms with E-state index in [1.54, 1.807) is 12.1 Å². The Balaban J connectivity index is 1.44. The van der Waals surface area contributed by atoms with E-state index in [1.165, 1.54) is 11.1 Å². The maximum Gasteiger partial charge on any atom is 0.126 e. The Morgan fingerprint density at radius 2 is 1.76 bits per heavy atom. The van der Waals surface area contributed by atoms with Crippen molar-refractivity contribution in [3.63, 3.8) is 0 Å². The number of aryl methyl sites for hydroxylation is 1. The van der Waals surface area contributed by atoms with Gasteiger partial charge in [-0.15, -0.1) is 0 Å². The minimum absolute atomic E-state index is 0.0548. The molecule has 0 atom stereocenters. The van der Waals surface area contributed by atoms with Crippen LogP contribution < -0.4 is 5.32 Å². The van der Waals surface area contributed by atoms with Crippen LogP contribution in [-0.4, -0.2) is 12.6 Å². The number of benzene rings is 2. The lowest BCUT2D eigenvalue weighted by Crippen LogP contribution is -2.41. The molecule has 3 rings (SSSR count). The SMILES string of the molecule is Cc1ccccc1CCNC1CC(c2ccccc2F)C1. The molecule has 1 fully saturated rings. The van der Waals surface area contributed by atoms with E-state index in [1.807, 2.05) is 12.1 Å². The molecule has 2 aromatic carbocycles. The Kier molecular flexibility index (Phi) is 4.35. The molecule has 2 heteroatoms. The van der Waals surface area contributed by atoms with Gasteiger partial charge in [-0.25, -0.2) is 4.39 Å². The summed E-state index contributed by atoms with van der Waals surface area (Å²) in [6, 6.07) is 16.2. The number of halogens is 1. The van der Waals surface area contributed by atoms with E-state index in [9.17, 15) is 4.39 Å². The van der Waals surface area contributed by atoms with E-state index in [0.717, 1.165) is 31.4 Å². The van der Waals surface area contributed by atoms with Crippen molar-refractivity contribution in [2.45, 2.75) is 38.1 Å². The predicted octanol–water partition coefficient (Wildman–Crippen LogP) is 4.21. The van der Waals surface area contributed by atoms with Crippen LogP contribution in [0.15, 0.2) is 48.5 Å². The van der Waals surface area contributed by atoms with Crippen LogP contribution in [0.1, 0.15) is 35.4 Å². The van der Waals surface area contributed by atoms with Crippen molar-refractivity contribution >= 4 is 0 Å². The van der Waals surface area contributed by atoms with Crippen LogP contribution in [0.3, 0.4) is 0 Å². The van der Waals surface area contributed by atoms with Crippen LogP contribution in [0.25, 0.3) is 0 Å². The van der Waals surface area contributed by atoms with Crippen LogP contribution in [-0.2, 0) is 6.42 Å². The van der Waals surface area contributed by atoms with Crippen molar-refractivity contribution in [1.29, 1.82) is 0 Å². The average Bonchev–Trinajstić information content (AvgIpc) is 2.44. The monoisotopic (exact) mass is 283 g/mol. The van der Waals surface area contributed by atoms with E-state index in [-0.39, 0.29) is 5.82 Å². The molecule has 1 nitrogen and oxygen atoms in total. The molecule has 21 heavy (non-hydrogen) atoms. The fourth-order valence-electron chi connectivity index (χ4n) is 3.15. The lowest BCUT2D eigenvalue weighted by molar-refractivity contribution is 0.287. The summed E-state index contributed by atoms with van der Waals surface area (Å²) in [5.74, 6) is 0.336. The van der Waals surface area contributed by atoms with Crippen molar-refractivity contribution in [2.75, 3.05) is 6.54 Å². The summed E-state index contributed by atoms with van der Waals surface area (Å²) in [5.41, 5.74) is 3.65. The smallest absolute Gasteiger partial charge is 0.126 e. The first kappa shape index (κ1) is 14.3. The highest BCUT2D eigenvalue weighted by atomic mass is 19.1. The zero-order valence-electron chi connectivity index (χ0n) is 12.5. The summed E-state index contributed by atoms with van der Waals surface area (Å²) < 4.78 is 13.7. The van der Waals surface area contributed by atoms with Crippen LogP contribution in [0.5, 0.6) is 0 Å². The molecule has 2 aromatic rings. The van der Waals surface area contributed by atoms with Gasteiger partial charge in [0, 0.05) is 6.04 Å². The zero-order valence-corrected chi connectivity index (χ0v) is 12.5. The quantitative estimate of drug-likeness (QED) is 0.866. The Morgan fingerprint density at radius 1 is 1.05 bits per heavy atom. The molecule has 1 saturated carbocycles. The first-order valence-corrected chi connectivity index (χ1v) is 7.76. The van der Waals surface area contributed by atoms with Gasteiger partial charge in [-0.3, -0.25) is 0 Å². The highest BCUT2D eigenvalue weighted by molar-refractivity contribution is 5.26. The topological polar surface area (TPSA) is 12.0 Å². The standard InChI is InChI=1S/C19H22FN/c1-14-6-2-3-7-15(14)10-11-21-17-12-16(13-17)18-8-4-5-9-19(18)20/h2-9,16-17,21H,10-13H2,1H3. The van der Waals surface area contributed by atoms with Crippen molar-refractivity contribution in [2.24, 2.45) is 0 Å². The number of rotatable bonds is 5. The normalized spacial score (nSPS) is 21.0. The average molecular weight is 283 g/mol. The van der Waals surface area contributed by atoms with Crippen LogP contribution in [0.2, 0.25) is 0 Å². The number of hydrogen-bond acceptors (Lipinski definition) is 1. The summed E-state index contributed by atoms with van der Waals surface area (Å²) in [6.45, 7) is 3.16. The van der Waals surface area contributed by atoms with Gasteiger partial charge < -0.3 is 5.32 Å². The fraction of sp³-hybridized carbons (Fsp3) is 0.368. The van der Waals surface area contributed by atoms with Gasteiger partial charge in [0.15, 0.2) is 0 Å². The molecule has 110 valence electrons. The summed E-state index contributed by atoms with van der Waals surface area (Å²) >= 11 is 0. The highest BCUT2D eigenvalue weighted by Crippen LogP contribution is 2.37. The molecule has 1 aliphatic rings. The van der Waals surface area contributed by atoms with Gasteiger partial charge in [0.05, 0.1) is 0 Å². The van der Waals surface area contributed by atoms with Gasteiger partial charge in [0.25, 0.3) is 0 Å². The molecular formula is C19H22FN. The van der Waals surface area contributed by atoms with Crippen molar-refractivity contribution in [3.8, 4) is 0 Å². The summed E-state index contributed by atoms with van der Waals surface area (Å²) in [4.78, 5) is 0. The maximum atomic E-state index is 13.7. The lowest BCUT2D eigenvalue weighted by Gasteiger charge is -2.36. The minimum Gasteiger partial charge on any atom is -0.314 e.